The summed E-state index contributed by atoms with van der Waals surface area (Å²) in [5.41, 5.74) is 1.11. The van der Waals surface area contributed by atoms with Crippen molar-refractivity contribution in [3.8, 4) is 0 Å². The van der Waals surface area contributed by atoms with E-state index in [2.05, 4.69) is 9.72 Å². The number of ether oxygens (including phenoxy) is 1. The zero-order valence-corrected chi connectivity index (χ0v) is 10.9. The van der Waals surface area contributed by atoms with E-state index in [9.17, 15) is 15.0 Å². The van der Waals surface area contributed by atoms with Crippen LogP contribution >= 0.6 is 22.9 Å². The molecule has 0 fully saturated rings. The minimum atomic E-state index is -1.61. The summed E-state index contributed by atoms with van der Waals surface area (Å²) in [7, 11) is 1.14. The number of aliphatic hydroxyl groups excluding tert-OH is 2. The number of fused-ring (bicyclic) bond motifs is 1. The first-order valence-electron chi connectivity index (χ1n) is 5.03. The van der Waals surface area contributed by atoms with Crippen molar-refractivity contribution >= 4 is 39.1 Å². The Hall–Kier alpha value is -1.21. The van der Waals surface area contributed by atoms with Gasteiger partial charge in [0.15, 0.2) is 10.6 Å². The van der Waals surface area contributed by atoms with Crippen molar-refractivity contribution < 1.29 is 19.7 Å². The second-order valence-corrected chi connectivity index (χ2v) is 5.22. The van der Waals surface area contributed by atoms with Gasteiger partial charge in [-0.3, -0.25) is 0 Å². The fourth-order valence-corrected chi connectivity index (χ4v) is 2.61. The number of benzene rings is 1. The molecule has 18 heavy (non-hydrogen) atoms. The maximum absolute atomic E-state index is 11.1. The summed E-state index contributed by atoms with van der Waals surface area (Å²) in [5, 5.41) is 19.4. The van der Waals surface area contributed by atoms with Crippen LogP contribution in [0.1, 0.15) is 11.7 Å². The SMILES string of the molecule is COC(=O)C(O)C(O)c1ccc2nc(Cl)sc2c1. The number of aromatic nitrogens is 1. The summed E-state index contributed by atoms with van der Waals surface area (Å²) in [6.07, 6.45) is -2.96. The molecule has 0 radical (unpaired) electrons. The van der Waals surface area contributed by atoms with Crippen molar-refractivity contribution in [3.63, 3.8) is 0 Å². The Morgan fingerprint density at radius 2 is 2.22 bits per heavy atom. The standard InChI is InChI=1S/C11H10ClNO4S/c1-17-10(16)9(15)8(14)5-2-3-6-7(4-5)18-11(12)13-6/h2-4,8-9,14-15H,1H3. The third-order valence-electron chi connectivity index (χ3n) is 2.47. The van der Waals surface area contributed by atoms with E-state index < -0.39 is 18.2 Å². The molecule has 1 aromatic carbocycles. The molecule has 0 aliphatic heterocycles. The number of carbonyl (C=O) groups is 1. The van der Waals surface area contributed by atoms with Crippen LogP contribution in [0, 0.1) is 0 Å². The fraction of sp³-hybridized carbons (Fsp3) is 0.273. The second kappa shape index (κ2) is 5.19. The van der Waals surface area contributed by atoms with Crippen LogP contribution < -0.4 is 0 Å². The number of carbonyl (C=O) groups excluding carboxylic acids is 1. The van der Waals surface area contributed by atoms with E-state index in [1.165, 1.54) is 11.3 Å². The van der Waals surface area contributed by atoms with Crippen LogP contribution in [0.15, 0.2) is 18.2 Å². The average molecular weight is 288 g/mol. The number of hydrogen-bond acceptors (Lipinski definition) is 6. The van der Waals surface area contributed by atoms with Gasteiger partial charge in [-0.2, -0.15) is 0 Å². The molecule has 2 unspecified atom stereocenters. The molecular formula is C11H10ClNO4S. The first-order chi connectivity index (χ1) is 8.52. The summed E-state index contributed by atoms with van der Waals surface area (Å²) in [5.74, 6) is -0.884. The molecule has 96 valence electrons. The van der Waals surface area contributed by atoms with Crippen LogP contribution in [0.5, 0.6) is 0 Å². The first-order valence-corrected chi connectivity index (χ1v) is 6.22. The highest BCUT2D eigenvalue weighted by atomic mass is 35.5. The Bertz CT molecular complexity index is 585. The fourth-order valence-electron chi connectivity index (χ4n) is 1.53. The minimum Gasteiger partial charge on any atom is -0.467 e. The summed E-state index contributed by atoms with van der Waals surface area (Å²) in [6, 6.07) is 4.88. The molecule has 2 N–H and O–H groups in total. The van der Waals surface area contributed by atoms with Gasteiger partial charge in [0.05, 0.1) is 17.3 Å². The van der Waals surface area contributed by atoms with Gasteiger partial charge < -0.3 is 14.9 Å². The molecule has 0 saturated carbocycles. The maximum Gasteiger partial charge on any atom is 0.337 e. The number of nitrogens with zero attached hydrogens (tertiary/aromatic N) is 1. The Morgan fingerprint density at radius 1 is 1.50 bits per heavy atom. The molecule has 1 aromatic heterocycles. The van der Waals surface area contributed by atoms with E-state index in [4.69, 9.17) is 11.6 Å². The van der Waals surface area contributed by atoms with E-state index >= 15 is 0 Å². The number of thiazole rings is 1. The Kier molecular flexibility index (Phi) is 3.82. The largest absolute Gasteiger partial charge is 0.467 e. The highest BCUT2D eigenvalue weighted by Gasteiger charge is 2.26. The number of aliphatic hydroxyl groups is 2. The third kappa shape index (κ3) is 2.46. The van der Waals surface area contributed by atoms with Crippen molar-refractivity contribution in [3.05, 3.63) is 28.2 Å². The predicted molar refractivity (Wildman–Crippen MR) is 67.6 cm³/mol. The number of hydrogen-bond donors (Lipinski definition) is 2. The molecule has 2 aromatic rings. The molecule has 1 heterocycles. The Morgan fingerprint density at radius 3 is 2.89 bits per heavy atom. The molecule has 0 aliphatic carbocycles. The maximum atomic E-state index is 11.1. The van der Waals surface area contributed by atoms with Crippen molar-refractivity contribution in [2.24, 2.45) is 0 Å². The lowest BCUT2D eigenvalue weighted by molar-refractivity contribution is -0.156. The lowest BCUT2D eigenvalue weighted by atomic mass is 10.0. The van der Waals surface area contributed by atoms with Gasteiger partial charge in [0, 0.05) is 0 Å². The third-order valence-corrected chi connectivity index (χ3v) is 3.59. The Balaban J connectivity index is 2.32. The highest BCUT2D eigenvalue weighted by Crippen LogP contribution is 2.29. The van der Waals surface area contributed by atoms with Gasteiger partial charge in [0.25, 0.3) is 0 Å². The van der Waals surface area contributed by atoms with E-state index in [-0.39, 0.29) is 0 Å². The zero-order chi connectivity index (χ0) is 13.3. The number of rotatable bonds is 3. The first kappa shape index (κ1) is 13.2. The van der Waals surface area contributed by atoms with Crippen LogP contribution in [0.3, 0.4) is 0 Å². The van der Waals surface area contributed by atoms with Crippen molar-refractivity contribution in [1.29, 1.82) is 0 Å². The molecule has 5 nitrogen and oxygen atoms in total. The summed E-state index contributed by atoms with van der Waals surface area (Å²) in [4.78, 5) is 15.2. The lowest BCUT2D eigenvalue weighted by Crippen LogP contribution is -2.28. The van der Waals surface area contributed by atoms with Gasteiger partial charge in [-0.05, 0) is 17.7 Å². The highest BCUT2D eigenvalue weighted by molar-refractivity contribution is 7.22. The van der Waals surface area contributed by atoms with Gasteiger partial charge >= 0.3 is 5.97 Å². The quantitative estimate of drug-likeness (QED) is 0.837. The van der Waals surface area contributed by atoms with Crippen LogP contribution in [0.2, 0.25) is 4.47 Å². The molecule has 0 amide bonds. The van der Waals surface area contributed by atoms with E-state index in [1.807, 2.05) is 0 Å². The van der Waals surface area contributed by atoms with Gasteiger partial charge in [-0.15, -0.1) is 11.3 Å². The zero-order valence-electron chi connectivity index (χ0n) is 9.33. The van der Waals surface area contributed by atoms with Gasteiger partial charge in [-0.1, -0.05) is 17.7 Å². The van der Waals surface area contributed by atoms with Gasteiger partial charge in [0.1, 0.15) is 6.10 Å². The number of halogens is 1. The molecule has 0 spiro atoms. The summed E-state index contributed by atoms with van der Waals surface area (Å²) in [6.45, 7) is 0. The average Bonchev–Trinajstić information content (AvgIpc) is 2.74. The van der Waals surface area contributed by atoms with Crippen molar-refractivity contribution in [2.45, 2.75) is 12.2 Å². The minimum absolute atomic E-state index is 0.394. The van der Waals surface area contributed by atoms with Gasteiger partial charge in [0.2, 0.25) is 0 Å². The molecule has 2 rings (SSSR count). The molecular weight excluding hydrogens is 278 g/mol. The van der Waals surface area contributed by atoms with Gasteiger partial charge in [-0.25, -0.2) is 9.78 Å². The summed E-state index contributed by atoms with van der Waals surface area (Å²) < 4.78 is 5.53. The normalized spacial score (nSPS) is 14.4. The van der Waals surface area contributed by atoms with E-state index in [0.29, 0.717) is 15.5 Å². The molecule has 7 heteroatoms. The number of methoxy groups -OCH3 is 1. The lowest BCUT2D eigenvalue weighted by Gasteiger charge is -2.15. The monoisotopic (exact) mass is 287 g/mol. The van der Waals surface area contributed by atoms with E-state index in [0.717, 1.165) is 11.8 Å². The van der Waals surface area contributed by atoms with Crippen LogP contribution in [-0.4, -0.2) is 34.4 Å². The number of esters is 1. The smallest absolute Gasteiger partial charge is 0.337 e. The second-order valence-electron chi connectivity index (χ2n) is 3.61. The predicted octanol–water partition coefficient (Wildman–Crippen LogP) is 1.52. The molecule has 0 bridgehead atoms. The summed E-state index contributed by atoms with van der Waals surface area (Å²) >= 11 is 7.03. The van der Waals surface area contributed by atoms with Crippen LogP contribution in [0.4, 0.5) is 0 Å². The molecule has 2 atom stereocenters. The molecule has 0 saturated heterocycles. The van der Waals surface area contributed by atoms with Crippen molar-refractivity contribution in [1.82, 2.24) is 4.98 Å². The van der Waals surface area contributed by atoms with Crippen LogP contribution in [0.25, 0.3) is 10.2 Å². The van der Waals surface area contributed by atoms with Crippen molar-refractivity contribution in [2.75, 3.05) is 7.11 Å². The Labute approximate surface area is 112 Å². The topological polar surface area (TPSA) is 79.7 Å². The van der Waals surface area contributed by atoms with Crippen LogP contribution in [-0.2, 0) is 9.53 Å². The van der Waals surface area contributed by atoms with E-state index in [1.54, 1.807) is 18.2 Å². The molecule has 0 aliphatic rings.